The van der Waals surface area contributed by atoms with Crippen LogP contribution >= 0.6 is 0 Å². The zero-order valence-corrected chi connectivity index (χ0v) is 23.7. The third kappa shape index (κ3) is 5.87. The van der Waals surface area contributed by atoms with Gasteiger partial charge in [-0.25, -0.2) is 8.78 Å². The first-order chi connectivity index (χ1) is 20.8. The smallest absolute Gasteiger partial charge is 0.255 e. The molecule has 1 N–H and O–H groups in total. The van der Waals surface area contributed by atoms with Crippen LogP contribution in [-0.4, -0.2) is 59.7 Å². The lowest BCUT2D eigenvalue weighted by Crippen LogP contribution is -2.52. The average Bonchev–Trinajstić information content (AvgIpc) is 3.33. The molecule has 3 amide bonds. The van der Waals surface area contributed by atoms with Crippen molar-refractivity contribution in [2.75, 3.05) is 31.1 Å². The predicted octanol–water partition coefficient (Wildman–Crippen LogP) is 4.27. The lowest BCUT2D eigenvalue weighted by Gasteiger charge is -2.36. The molecule has 0 aromatic heterocycles. The zero-order chi connectivity index (χ0) is 30.1. The van der Waals surface area contributed by atoms with E-state index in [1.165, 1.54) is 17.0 Å². The molecule has 3 heterocycles. The summed E-state index contributed by atoms with van der Waals surface area (Å²) in [7, 11) is 0. The molecule has 10 heteroatoms. The number of anilines is 1. The first-order valence-corrected chi connectivity index (χ1v) is 14.4. The Labute approximate surface area is 248 Å². The number of imide groups is 1. The van der Waals surface area contributed by atoms with Gasteiger partial charge in [-0.3, -0.25) is 24.6 Å². The van der Waals surface area contributed by atoms with E-state index in [1.807, 2.05) is 17.0 Å². The van der Waals surface area contributed by atoms with Gasteiger partial charge in [0, 0.05) is 55.8 Å². The largest absolute Gasteiger partial charge is 0.488 e. The number of piperidine rings is 1. The quantitative estimate of drug-likeness (QED) is 0.397. The van der Waals surface area contributed by atoms with Crippen molar-refractivity contribution < 1.29 is 27.9 Å². The number of hydrogen-bond donors (Lipinski definition) is 1. The Morgan fingerprint density at radius 2 is 1.79 bits per heavy atom. The highest BCUT2D eigenvalue weighted by Crippen LogP contribution is 2.34. The van der Waals surface area contributed by atoms with Crippen molar-refractivity contribution in [3.8, 4) is 5.75 Å². The van der Waals surface area contributed by atoms with Gasteiger partial charge in [0.05, 0.1) is 12.2 Å². The minimum atomic E-state index is -0.719. The molecule has 0 bridgehead atoms. The number of carbonyl (C=O) groups excluding carboxylic acids is 3. The Morgan fingerprint density at radius 3 is 2.51 bits per heavy atom. The molecule has 8 nitrogen and oxygen atoms in total. The maximum atomic E-state index is 15.1. The molecule has 2 fully saturated rings. The van der Waals surface area contributed by atoms with Gasteiger partial charge in [-0.2, -0.15) is 0 Å². The molecular formula is C33H32F2N4O4. The molecule has 0 saturated carbocycles. The lowest BCUT2D eigenvalue weighted by atomic mass is 10.0. The molecule has 3 aliphatic heterocycles. The third-order valence-corrected chi connectivity index (χ3v) is 8.37. The summed E-state index contributed by atoms with van der Waals surface area (Å²) in [6, 6.07) is 14.6. The summed E-state index contributed by atoms with van der Waals surface area (Å²) in [6.45, 7) is 7.21. The number of fused-ring (bicyclic) bond motifs is 1. The van der Waals surface area contributed by atoms with E-state index in [1.54, 1.807) is 36.4 Å². The van der Waals surface area contributed by atoms with E-state index < -0.39 is 11.9 Å². The Kier molecular flexibility index (Phi) is 7.94. The number of piperazine rings is 1. The number of carbonyl (C=O) groups is 3. The van der Waals surface area contributed by atoms with Crippen LogP contribution in [0.5, 0.6) is 5.75 Å². The fourth-order valence-corrected chi connectivity index (χ4v) is 5.97. The first kappa shape index (κ1) is 28.5. The van der Waals surface area contributed by atoms with Crippen LogP contribution < -0.4 is 15.0 Å². The molecule has 2 saturated heterocycles. The summed E-state index contributed by atoms with van der Waals surface area (Å²) in [6.07, 6.45) is 2.07. The molecule has 1 atom stereocenters. The van der Waals surface area contributed by atoms with Crippen molar-refractivity contribution >= 4 is 29.5 Å². The van der Waals surface area contributed by atoms with Gasteiger partial charge >= 0.3 is 0 Å². The lowest BCUT2D eigenvalue weighted by molar-refractivity contribution is -0.136. The van der Waals surface area contributed by atoms with Gasteiger partial charge in [-0.15, -0.1) is 0 Å². The number of halogens is 2. The van der Waals surface area contributed by atoms with Crippen molar-refractivity contribution in [2.45, 2.75) is 38.6 Å². The SMILES string of the molecule is C=Cc1ccc(N2CCN(Cc3ccc(COc4cccc5c4CN(C4CCC(=O)NC4=O)C5=O)c(F)c3)CC2)c(F)c1. The fourth-order valence-electron chi connectivity index (χ4n) is 5.97. The molecule has 222 valence electrons. The molecule has 43 heavy (non-hydrogen) atoms. The van der Waals surface area contributed by atoms with E-state index in [2.05, 4.69) is 16.8 Å². The number of hydrogen-bond acceptors (Lipinski definition) is 6. The van der Waals surface area contributed by atoms with Crippen LogP contribution in [0.25, 0.3) is 6.08 Å². The minimum absolute atomic E-state index is 0.0238. The van der Waals surface area contributed by atoms with Crippen molar-refractivity contribution in [3.05, 3.63) is 101 Å². The second kappa shape index (κ2) is 12.0. The van der Waals surface area contributed by atoms with Crippen LogP contribution in [-0.2, 0) is 29.3 Å². The second-order valence-corrected chi connectivity index (χ2v) is 11.1. The molecule has 6 rings (SSSR count). The van der Waals surface area contributed by atoms with Crippen LogP contribution in [0.1, 0.15) is 45.5 Å². The number of amides is 3. The van der Waals surface area contributed by atoms with E-state index in [-0.39, 0.29) is 49.4 Å². The van der Waals surface area contributed by atoms with Gasteiger partial charge in [-0.05, 0) is 47.9 Å². The van der Waals surface area contributed by atoms with Crippen LogP contribution in [0.15, 0.2) is 61.2 Å². The molecule has 0 radical (unpaired) electrons. The van der Waals surface area contributed by atoms with E-state index in [4.69, 9.17) is 4.74 Å². The van der Waals surface area contributed by atoms with Crippen LogP contribution in [0.2, 0.25) is 0 Å². The standard InChI is InChI=1S/C33H32F2N4O4/c1-2-21-7-9-28(27(35)16-21)38-14-12-37(13-15-38)18-22-6-8-23(26(34)17-22)20-43-30-5-3-4-24-25(30)19-39(33(24)42)29-10-11-31(40)36-32(29)41/h2-9,16-17,29H,1,10-15,18-20H2,(H,36,40,41). The number of rotatable bonds is 8. The van der Waals surface area contributed by atoms with Crippen molar-refractivity contribution in [1.29, 1.82) is 0 Å². The Hall–Kier alpha value is -4.57. The Morgan fingerprint density at radius 1 is 0.977 bits per heavy atom. The van der Waals surface area contributed by atoms with Crippen molar-refractivity contribution in [2.24, 2.45) is 0 Å². The van der Waals surface area contributed by atoms with E-state index in [0.29, 0.717) is 47.8 Å². The van der Waals surface area contributed by atoms with Gasteiger partial charge < -0.3 is 14.5 Å². The monoisotopic (exact) mass is 586 g/mol. The molecule has 3 aromatic rings. The number of ether oxygens (including phenoxy) is 1. The highest BCUT2D eigenvalue weighted by Gasteiger charge is 2.40. The molecule has 1 unspecified atom stereocenters. The van der Waals surface area contributed by atoms with Crippen LogP contribution in [0.3, 0.4) is 0 Å². The van der Waals surface area contributed by atoms with Crippen molar-refractivity contribution in [3.63, 3.8) is 0 Å². The van der Waals surface area contributed by atoms with E-state index in [0.717, 1.165) is 24.2 Å². The van der Waals surface area contributed by atoms with E-state index in [9.17, 15) is 18.8 Å². The third-order valence-electron chi connectivity index (χ3n) is 8.37. The normalized spacial score (nSPS) is 18.9. The fraction of sp³-hybridized carbons (Fsp3) is 0.303. The summed E-state index contributed by atoms with van der Waals surface area (Å²) < 4.78 is 35.6. The first-order valence-electron chi connectivity index (χ1n) is 14.4. The van der Waals surface area contributed by atoms with Gasteiger partial charge in [0.15, 0.2) is 0 Å². The van der Waals surface area contributed by atoms with Gasteiger partial charge in [-0.1, -0.05) is 36.9 Å². The summed E-state index contributed by atoms with van der Waals surface area (Å²) >= 11 is 0. The molecular weight excluding hydrogens is 554 g/mol. The molecule has 0 aliphatic carbocycles. The highest BCUT2D eigenvalue weighted by atomic mass is 19.1. The van der Waals surface area contributed by atoms with Gasteiger partial charge in [0.1, 0.15) is 30.0 Å². The Balaban J connectivity index is 1.05. The number of nitrogens with zero attached hydrogens (tertiary/aromatic N) is 3. The minimum Gasteiger partial charge on any atom is -0.488 e. The topological polar surface area (TPSA) is 82.2 Å². The predicted molar refractivity (Wildman–Crippen MR) is 157 cm³/mol. The van der Waals surface area contributed by atoms with E-state index >= 15 is 4.39 Å². The molecule has 3 aliphatic rings. The Bertz CT molecular complexity index is 1600. The maximum Gasteiger partial charge on any atom is 0.255 e. The average molecular weight is 587 g/mol. The summed E-state index contributed by atoms with van der Waals surface area (Å²) in [5, 5.41) is 2.30. The summed E-state index contributed by atoms with van der Waals surface area (Å²) in [4.78, 5) is 42.7. The van der Waals surface area contributed by atoms with Gasteiger partial charge in [0.25, 0.3) is 5.91 Å². The van der Waals surface area contributed by atoms with Crippen LogP contribution in [0.4, 0.5) is 14.5 Å². The molecule has 0 spiro atoms. The number of benzene rings is 3. The second-order valence-electron chi connectivity index (χ2n) is 11.1. The van der Waals surface area contributed by atoms with Gasteiger partial charge in [0.2, 0.25) is 11.8 Å². The highest BCUT2D eigenvalue weighted by molar-refractivity contribution is 6.05. The zero-order valence-electron chi connectivity index (χ0n) is 23.7. The van der Waals surface area contributed by atoms with Crippen molar-refractivity contribution in [1.82, 2.24) is 15.1 Å². The summed E-state index contributed by atoms with van der Waals surface area (Å²) in [5.74, 6) is -1.29. The maximum absolute atomic E-state index is 15.1. The van der Waals surface area contributed by atoms with Crippen LogP contribution in [0, 0.1) is 11.6 Å². The molecule has 3 aromatic carbocycles. The number of nitrogens with one attached hydrogen (secondary N) is 1. The summed E-state index contributed by atoms with van der Waals surface area (Å²) in [5.41, 5.74) is 3.63.